The van der Waals surface area contributed by atoms with Crippen LogP contribution >= 0.6 is 0 Å². The Hall–Kier alpha value is -3.62. The Morgan fingerprint density at radius 3 is 2.60 bits per heavy atom. The van der Waals surface area contributed by atoms with E-state index in [1.54, 1.807) is 49.6 Å². The van der Waals surface area contributed by atoms with Gasteiger partial charge in [0.2, 0.25) is 5.95 Å². The number of aromatic nitrogens is 6. The Balaban J connectivity index is 1.72. The van der Waals surface area contributed by atoms with Gasteiger partial charge in [0.1, 0.15) is 17.2 Å². The van der Waals surface area contributed by atoms with Crippen LogP contribution in [-0.2, 0) is 0 Å². The number of methoxy groups -OCH3 is 2. The second-order valence-electron chi connectivity index (χ2n) is 5.19. The van der Waals surface area contributed by atoms with E-state index < -0.39 is 0 Å². The molecule has 0 atom stereocenters. The first-order valence-electron chi connectivity index (χ1n) is 7.47. The number of H-pyrrole nitrogens is 1. The summed E-state index contributed by atoms with van der Waals surface area (Å²) in [5.41, 5.74) is 2.92. The first kappa shape index (κ1) is 14.9. The number of hydrogen-bond acceptors (Lipinski definition) is 7. The van der Waals surface area contributed by atoms with E-state index in [4.69, 9.17) is 9.47 Å². The zero-order chi connectivity index (χ0) is 17.2. The van der Waals surface area contributed by atoms with Crippen LogP contribution in [0.15, 0.2) is 43.0 Å². The Labute approximate surface area is 142 Å². The van der Waals surface area contributed by atoms with Gasteiger partial charge in [-0.25, -0.2) is 4.52 Å². The van der Waals surface area contributed by atoms with E-state index in [1.165, 1.54) is 0 Å². The molecular weight excluding hydrogens is 322 g/mol. The Morgan fingerprint density at radius 1 is 1.12 bits per heavy atom. The highest BCUT2D eigenvalue weighted by molar-refractivity contribution is 5.73. The molecule has 4 rings (SSSR count). The first-order valence-corrected chi connectivity index (χ1v) is 7.47. The average Bonchev–Trinajstić information content (AvgIpc) is 3.30. The number of aromatic amines is 1. The highest BCUT2D eigenvalue weighted by Crippen LogP contribution is 2.28. The highest BCUT2D eigenvalue weighted by Gasteiger charge is 2.12. The van der Waals surface area contributed by atoms with Gasteiger partial charge in [-0.15, -0.1) is 5.10 Å². The van der Waals surface area contributed by atoms with E-state index in [9.17, 15) is 0 Å². The van der Waals surface area contributed by atoms with E-state index in [2.05, 4.69) is 30.6 Å². The third-order valence-electron chi connectivity index (χ3n) is 3.63. The first-order chi connectivity index (χ1) is 12.3. The van der Waals surface area contributed by atoms with Crippen molar-refractivity contribution >= 4 is 17.3 Å². The smallest absolute Gasteiger partial charge is 0.247 e. The summed E-state index contributed by atoms with van der Waals surface area (Å²) in [4.78, 5) is 8.90. The molecule has 4 aromatic rings. The van der Waals surface area contributed by atoms with Crippen molar-refractivity contribution in [3.8, 4) is 22.8 Å². The van der Waals surface area contributed by atoms with Crippen LogP contribution in [0.25, 0.3) is 16.9 Å². The van der Waals surface area contributed by atoms with Crippen LogP contribution in [0.5, 0.6) is 11.5 Å². The van der Waals surface area contributed by atoms with Crippen LogP contribution in [0.1, 0.15) is 0 Å². The van der Waals surface area contributed by atoms with Crippen LogP contribution in [-0.4, -0.2) is 44.0 Å². The van der Waals surface area contributed by atoms with Crippen molar-refractivity contribution in [3.63, 3.8) is 0 Å². The minimum Gasteiger partial charge on any atom is -0.497 e. The highest BCUT2D eigenvalue weighted by atomic mass is 16.5. The lowest BCUT2D eigenvalue weighted by molar-refractivity contribution is 0.395. The van der Waals surface area contributed by atoms with E-state index >= 15 is 0 Å². The summed E-state index contributed by atoms with van der Waals surface area (Å²) < 4.78 is 12.2. The van der Waals surface area contributed by atoms with E-state index in [1.807, 2.05) is 12.1 Å². The van der Waals surface area contributed by atoms with Crippen molar-refractivity contribution in [3.05, 3.63) is 43.0 Å². The van der Waals surface area contributed by atoms with Gasteiger partial charge >= 0.3 is 0 Å². The Bertz CT molecular complexity index is 988. The maximum atomic E-state index is 5.28. The summed E-state index contributed by atoms with van der Waals surface area (Å²) in [6.45, 7) is 0. The monoisotopic (exact) mass is 337 g/mol. The minimum atomic E-state index is 0.438. The van der Waals surface area contributed by atoms with Gasteiger partial charge in [0, 0.05) is 48.0 Å². The molecule has 0 radical (unpaired) electrons. The van der Waals surface area contributed by atoms with Crippen LogP contribution in [0.4, 0.5) is 11.6 Å². The lowest BCUT2D eigenvalue weighted by Crippen LogP contribution is -1.95. The van der Waals surface area contributed by atoms with Gasteiger partial charge in [0.25, 0.3) is 0 Å². The van der Waals surface area contributed by atoms with Crippen LogP contribution in [0, 0.1) is 0 Å². The quantitative estimate of drug-likeness (QED) is 0.576. The summed E-state index contributed by atoms with van der Waals surface area (Å²) in [6.07, 6.45) is 6.86. The third kappa shape index (κ3) is 2.82. The average molecular weight is 337 g/mol. The number of nitrogens with zero attached hydrogens (tertiary/aromatic N) is 5. The molecule has 9 heteroatoms. The molecule has 0 unspecified atom stereocenters. The molecule has 0 amide bonds. The third-order valence-corrected chi connectivity index (χ3v) is 3.63. The van der Waals surface area contributed by atoms with Gasteiger partial charge in [-0.1, -0.05) is 0 Å². The van der Waals surface area contributed by atoms with Gasteiger partial charge in [-0.2, -0.15) is 10.1 Å². The summed E-state index contributed by atoms with van der Waals surface area (Å²) in [7, 11) is 3.20. The van der Waals surface area contributed by atoms with E-state index in [0.29, 0.717) is 28.8 Å². The molecule has 25 heavy (non-hydrogen) atoms. The molecule has 9 nitrogen and oxygen atoms in total. The summed E-state index contributed by atoms with van der Waals surface area (Å²) >= 11 is 0. The molecule has 0 saturated carbocycles. The molecule has 3 heterocycles. The molecule has 0 aliphatic heterocycles. The van der Waals surface area contributed by atoms with Gasteiger partial charge in [-0.05, 0) is 0 Å². The number of anilines is 2. The number of hydrogen-bond donors (Lipinski definition) is 2. The summed E-state index contributed by atoms with van der Waals surface area (Å²) in [5, 5.41) is 14.3. The lowest BCUT2D eigenvalue weighted by atomic mass is 10.2. The van der Waals surface area contributed by atoms with Crippen LogP contribution in [0.2, 0.25) is 0 Å². The maximum absolute atomic E-state index is 5.28. The SMILES string of the molecule is COc1cc(Nc2nc3c(-c4cn[nH]c4)nccn3n2)cc(OC)c1. The van der Waals surface area contributed by atoms with Crippen molar-refractivity contribution in [2.24, 2.45) is 0 Å². The predicted molar refractivity (Wildman–Crippen MR) is 91.2 cm³/mol. The fraction of sp³-hybridized carbons (Fsp3) is 0.125. The zero-order valence-electron chi connectivity index (χ0n) is 13.6. The molecule has 0 bridgehead atoms. The van der Waals surface area contributed by atoms with Gasteiger partial charge in [0.15, 0.2) is 5.65 Å². The molecule has 0 fully saturated rings. The van der Waals surface area contributed by atoms with Crippen molar-refractivity contribution in [2.75, 3.05) is 19.5 Å². The normalized spacial score (nSPS) is 10.8. The molecule has 0 aliphatic rings. The van der Waals surface area contributed by atoms with Gasteiger partial charge in [0.05, 0.1) is 20.4 Å². The largest absolute Gasteiger partial charge is 0.497 e. The molecule has 126 valence electrons. The fourth-order valence-electron chi connectivity index (χ4n) is 2.46. The summed E-state index contributed by atoms with van der Waals surface area (Å²) in [5.74, 6) is 1.78. The van der Waals surface area contributed by atoms with Gasteiger partial charge in [-0.3, -0.25) is 10.1 Å². The predicted octanol–water partition coefficient (Wildman–Crippen LogP) is 2.28. The molecule has 1 aromatic carbocycles. The fourth-order valence-corrected chi connectivity index (χ4v) is 2.46. The molecule has 0 saturated heterocycles. The molecular formula is C16H15N7O2. The number of fused-ring (bicyclic) bond motifs is 1. The summed E-state index contributed by atoms with van der Waals surface area (Å²) in [6, 6.07) is 5.47. The molecule has 0 spiro atoms. The Morgan fingerprint density at radius 2 is 1.92 bits per heavy atom. The van der Waals surface area contributed by atoms with E-state index in [0.717, 1.165) is 11.3 Å². The van der Waals surface area contributed by atoms with Crippen LogP contribution < -0.4 is 14.8 Å². The van der Waals surface area contributed by atoms with Crippen molar-refractivity contribution in [2.45, 2.75) is 0 Å². The second kappa shape index (κ2) is 6.11. The van der Waals surface area contributed by atoms with Crippen LogP contribution in [0.3, 0.4) is 0 Å². The number of rotatable bonds is 5. The Kier molecular flexibility index (Phi) is 3.65. The topological polar surface area (TPSA) is 102 Å². The lowest BCUT2D eigenvalue weighted by Gasteiger charge is -2.08. The minimum absolute atomic E-state index is 0.438. The standard InChI is InChI=1S/C16H15N7O2/c1-24-12-5-11(6-13(7-12)25-2)20-16-21-15-14(10-8-18-19-9-10)17-3-4-23(15)22-16/h3-9H,1-2H3,(H,18,19)(H,20,22). The maximum Gasteiger partial charge on any atom is 0.247 e. The zero-order valence-corrected chi connectivity index (χ0v) is 13.6. The van der Waals surface area contributed by atoms with Gasteiger partial charge < -0.3 is 14.8 Å². The number of nitrogens with one attached hydrogen (secondary N) is 2. The second-order valence-corrected chi connectivity index (χ2v) is 5.19. The number of benzene rings is 1. The van der Waals surface area contributed by atoms with Crippen molar-refractivity contribution in [1.82, 2.24) is 29.8 Å². The van der Waals surface area contributed by atoms with E-state index in [-0.39, 0.29) is 0 Å². The molecule has 3 aromatic heterocycles. The molecule has 2 N–H and O–H groups in total. The molecule has 0 aliphatic carbocycles. The number of ether oxygens (including phenoxy) is 2. The van der Waals surface area contributed by atoms with Crippen molar-refractivity contribution in [1.29, 1.82) is 0 Å². The van der Waals surface area contributed by atoms with Crippen molar-refractivity contribution < 1.29 is 9.47 Å².